The van der Waals surface area contributed by atoms with Crippen LogP contribution in [0.15, 0.2) is 36.4 Å². The van der Waals surface area contributed by atoms with E-state index in [1.165, 1.54) is 12.1 Å². The zero-order valence-corrected chi connectivity index (χ0v) is 13.4. The summed E-state index contributed by atoms with van der Waals surface area (Å²) < 4.78 is 13.7. The van der Waals surface area contributed by atoms with Gasteiger partial charge in [-0.2, -0.15) is 0 Å². The van der Waals surface area contributed by atoms with Crippen molar-refractivity contribution in [2.45, 2.75) is 12.5 Å². The highest BCUT2D eigenvalue weighted by atomic mass is 127. The van der Waals surface area contributed by atoms with Crippen molar-refractivity contribution < 1.29 is 9.50 Å². The SMILES string of the molecule is OC(Cc1cccc(Cl)c1Cl)c1ccc(F)cc1I. The molecule has 100 valence electrons. The molecule has 2 aromatic rings. The van der Waals surface area contributed by atoms with E-state index in [2.05, 4.69) is 0 Å². The summed E-state index contributed by atoms with van der Waals surface area (Å²) in [6.45, 7) is 0. The van der Waals surface area contributed by atoms with Crippen molar-refractivity contribution in [2.75, 3.05) is 0 Å². The number of hydrogen-bond donors (Lipinski definition) is 1. The van der Waals surface area contributed by atoms with Crippen molar-refractivity contribution in [2.24, 2.45) is 0 Å². The minimum absolute atomic E-state index is 0.318. The van der Waals surface area contributed by atoms with Crippen LogP contribution in [-0.2, 0) is 6.42 Å². The Kier molecular flexibility index (Phi) is 5.06. The third kappa shape index (κ3) is 3.60. The van der Waals surface area contributed by atoms with Crippen LogP contribution in [-0.4, -0.2) is 5.11 Å². The molecule has 0 aliphatic heterocycles. The Morgan fingerprint density at radius 3 is 2.63 bits per heavy atom. The van der Waals surface area contributed by atoms with Gasteiger partial charge in [-0.1, -0.05) is 41.4 Å². The lowest BCUT2D eigenvalue weighted by atomic mass is 10.0. The van der Waals surface area contributed by atoms with Gasteiger partial charge in [-0.25, -0.2) is 4.39 Å². The average molecular weight is 411 g/mol. The first-order chi connectivity index (χ1) is 8.99. The maximum absolute atomic E-state index is 13.0. The molecule has 0 amide bonds. The highest BCUT2D eigenvalue weighted by Crippen LogP contribution is 2.30. The molecule has 0 saturated carbocycles. The van der Waals surface area contributed by atoms with Crippen LogP contribution in [0.5, 0.6) is 0 Å². The van der Waals surface area contributed by atoms with Gasteiger partial charge in [-0.15, -0.1) is 0 Å². The van der Waals surface area contributed by atoms with Crippen molar-refractivity contribution >= 4 is 45.8 Å². The van der Waals surface area contributed by atoms with Crippen molar-refractivity contribution in [1.82, 2.24) is 0 Å². The summed E-state index contributed by atoms with van der Waals surface area (Å²) in [5, 5.41) is 11.1. The predicted molar refractivity (Wildman–Crippen MR) is 84.2 cm³/mol. The fraction of sp³-hybridized carbons (Fsp3) is 0.143. The average Bonchev–Trinajstić information content (AvgIpc) is 2.34. The topological polar surface area (TPSA) is 20.2 Å². The molecule has 1 atom stereocenters. The van der Waals surface area contributed by atoms with E-state index in [0.717, 1.165) is 5.56 Å². The number of aliphatic hydroxyl groups excluding tert-OH is 1. The van der Waals surface area contributed by atoms with Gasteiger partial charge >= 0.3 is 0 Å². The van der Waals surface area contributed by atoms with E-state index >= 15 is 0 Å². The first kappa shape index (κ1) is 15.0. The van der Waals surface area contributed by atoms with Gasteiger partial charge < -0.3 is 5.11 Å². The van der Waals surface area contributed by atoms with Gasteiger partial charge in [0.05, 0.1) is 16.1 Å². The molecule has 0 aliphatic rings. The number of benzene rings is 2. The maximum atomic E-state index is 13.0. The van der Waals surface area contributed by atoms with E-state index in [1.807, 2.05) is 28.7 Å². The lowest BCUT2D eigenvalue weighted by Gasteiger charge is -2.14. The minimum atomic E-state index is -0.747. The molecular weight excluding hydrogens is 401 g/mol. The highest BCUT2D eigenvalue weighted by molar-refractivity contribution is 14.1. The number of halogens is 4. The van der Waals surface area contributed by atoms with Crippen LogP contribution in [0.2, 0.25) is 10.0 Å². The summed E-state index contributed by atoms with van der Waals surface area (Å²) >= 11 is 14.0. The molecule has 1 nitrogen and oxygen atoms in total. The molecule has 0 spiro atoms. The molecule has 1 unspecified atom stereocenters. The monoisotopic (exact) mass is 410 g/mol. The summed E-state index contributed by atoms with van der Waals surface area (Å²) in [4.78, 5) is 0. The lowest BCUT2D eigenvalue weighted by molar-refractivity contribution is 0.177. The van der Waals surface area contributed by atoms with Gasteiger partial charge in [-0.3, -0.25) is 0 Å². The van der Waals surface area contributed by atoms with Gasteiger partial charge in [-0.05, 0) is 51.9 Å². The molecular formula is C14H10Cl2FIO. The van der Waals surface area contributed by atoms with Crippen molar-refractivity contribution in [3.8, 4) is 0 Å². The molecule has 0 saturated heterocycles. The van der Waals surface area contributed by atoms with Gasteiger partial charge in [0, 0.05) is 9.99 Å². The Hall–Kier alpha value is -0.360. The van der Waals surface area contributed by atoms with Crippen LogP contribution >= 0.6 is 45.8 Å². The smallest absolute Gasteiger partial charge is 0.124 e. The number of rotatable bonds is 3. The summed E-state index contributed by atoms with van der Waals surface area (Å²) in [5.74, 6) is -0.318. The molecule has 0 radical (unpaired) electrons. The Morgan fingerprint density at radius 1 is 1.21 bits per heavy atom. The Balaban J connectivity index is 2.25. The first-order valence-electron chi connectivity index (χ1n) is 5.55. The third-order valence-corrected chi connectivity index (χ3v) is 4.56. The van der Waals surface area contributed by atoms with Gasteiger partial charge in [0.15, 0.2) is 0 Å². The zero-order chi connectivity index (χ0) is 14.0. The van der Waals surface area contributed by atoms with Crippen LogP contribution in [0.4, 0.5) is 4.39 Å². The molecule has 1 N–H and O–H groups in total. The number of aliphatic hydroxyl groups is 1. The molecule has 0 heterocycles. The van der Waals surface area contributed by atoms with Gasteiger partial charge in [0.1, 0.15) is 5.82 Å². The lowest BCUT2D eigenvalue weighted by Crippen LogP contribution is -2.04. The number of hydrogen-bond acceptors (Lipinski definition) is 1. The van der Waals surface area contributed by atoms with Crippen LogP contribution in [0, 0.1) is 9.39 Å². The van der Waals surface area contributed by atoms with E-state index in [9.17, 15) is 9.50 Å². The molecule has 19 heavy (non-hydrogen) atoms. The third-order valence-electron chi connectivity index (χ3n) is 2.77. The fourth-order valence-corrected chi connectivity index (χ4v) is 3.03. The molecule has 5 heteroatoms. The minimum Gasteiger partial charge on any atom is -0.388 e. The quantitative estimate of drug-likeness (QED) is 0.705. The molecule has 2 aromatic carbocycles. The second-order valence-electron chi connectivity index (χ2n) is 4.10. The van der Waals surface area contributed by atoms with Gasteiger partial charge in [0.25, 0.3) is 0 Å². The maximum Gasteiger partial charge on any atom is 0.124 e. The predicted octanol–water partition coefficient (Wildman–Crippen LogP) is 5.01. The standard InChI is InChI=1S/C14H10Cl2FIO/c15-11-3-1-2-8(14(11)16)6-13(19)10-5-4-9(17)7-12(10)18/h1-5,7,13,19H,6H2. The summed E-state index contributed by atoms with van der Waals surface area (Å²) in [6.07, 6.45) is -0.412. The zero-order valence-electron chi connectivity index (χ0n) is 9.71. The highest BCUT2D eigenvalue weighted by Gasteiger charge is 2.15. The van der Waals surface area contributed by atoms with Crippen LogP contribution < -0.4 is 0 Å². The van der Waals surface area contributed by atoms with E-state index in [1.54, 1.807) is 18.2 Å². The van der Waals surface area contributed by atoms with Crippen molar-refractivity contribution in [3.05, 3.63) is 67.0 Å². The van der Waals surface area contributed by atoms with Gasteiger partial charge in [0.2, 0.25) is 0 Å². The summed E-state index contributed by atoms with van der Waals surface area (Å²) in [5.41, 5.74) is 1.44. The Bertz CT molecular complexity index is 604. The molecule has 0 aliphatic carbocycles. The molecule has 2 rings (SSSR count). The van der Waals surface area contributed by atoms with Crippen molar-refractivity contribution in [3.63, 3.8) is 0 Å². The summed E-state index contributed by atoms with van der Waals surface area (Å²) in [6, 6.07) is 9.60. The van der Waals surface area contributed by atoms with Crippen LogP contribution in [0.1, 0.15) is 17.2 Å². The first-order valence-corrected chi connectivity index (χ1v) is 7.38. The molecule has 0 fully saturated rings. The Morgan fingerprint density at radius 2 is 1.95 bits per heavy atom. The van der Waals surface area contributed by atoms with Crippen molar-refractivity contribution in [1.29, 1.82) is 0 Å². The van der Waals surface area contributed by atoms with Crippen LogP contribution in [0.3, 0.4) is 0 Å². The normalized spacial score (nSPS) is 12.5. The largest absolute Gasteiger partial charge is 0.388 e. The molecule has 0 aromatic heterocycles. The molecule has 0 bridgehead atoms. The van der Waals surface area contributed by atoms with Crippen LogP contribution in [0.25, 0.3) is 0 Å². The van der Waals surface area contributed by atoms with E-state index in [0.29, 0.717) is 25.6 Å². The Labute approximate surface area is 134 Å². The van der Waals surface area contributed by atoms with E-state index < -0.39 is 6.10 Å². The van der Waals surface area contributed by atoms with E-state index in [-0.39, 0.29) is 5.82 Å². The van der Waals surface area contributed by atoms with E-state index in [4.69, 9.17) is 23.2 Å². The second-order valence-corrected chi connectivity index (χ2v) is 6.05. The fourth-order valence-electron chi connectivity index (χ4n) is 1.80. The second kappa shape index (κ2) is 6.39. The summed E-state index contributed by atoms with van der Waals surface area (Å²) in [7, 11) is 0.